The maximum absolute atomic E-state index is 13.6. The molecule has 0 unspecified atom stereocenters. The van der Waals surface area contributed by atoms with E-state index in [1.165, 1.54) is 6.92 Å². The first-order valence-electron chi connectivity index (χ1n) is 9.71. The zero-order valence-electron chi connectivity index (χ0n) is 16.7. The maximum atomic E-state index is 13.6. The Kier molecular flexibility index (Phi) is 6.04. The van der Waals surface area contributed by atoms with Crippen molar-refractivity contribution >= 4 is 29.5 Å². The molecule has 1 saturated heterocycles. The van der Waals surface area contributed by atoms with Crippen LogP contribution in [-0.4, -0.2) is 46.9 Å². The van der Waals surface area contributed by atoms with Gasteiger partial charge < -0.3 is 15.4 Å². The fourth-order valence-electron chi connectivity index (χ4n) is 3.66. The van der Waals surface area contributed by atoms with E-state index in [-0.39, 0.29) is 5.69 Å². The van der Waals surface area contributed by atoms with Crippen molar-refractivity contribution in [3.05, 3.63) is 29.8 Å². The summed E-state index contributed by atoms with van der Waals surface area (Å²) in [6.07, 6.45) is 1.27. The van der Waals surface area contributed by atoms with Crippen LogP contribution in [0, 0.1) is 17.6 Å². The number of hydrogen-bond donors (Lipinski definition) is 2. The van der Waals surface area contributed by atoms with Crippen LogP contribution in [0.2, 0.25) is 0 Å². The van der Waals surface area contributed by atoms with E-state index in [2.05, 4.69) is 17.6 Å². The Hall–Kier alpha value is -3.04. The summed E-state index contributed by atoms with van der Waals surface area (Å²) < 4.78 is 31.6. The SMILES string of the molecule is CC1CCC2(CC1)NC(=O)N(CC(=O)O[C@H](C)C(=O)Nc1ccc(F)cc1F)C2=O. The van der Waals surface area contributed by atoms with Crippen LogP contribution in [0.5, 0.6) is 0 Å². The highest BCUT2D eigenvalue weighted by atomic mass is 19.1. The predicted molar refractivity (Wildman–Crippen MR) is 101 cm³/mol. The number of imide groups is 1. The van der Waals surface area contributed by atoms with E-state index in [1.54, 1.807) is 0 Å². The van der Waals surface area contributed by atoms with Crippen molar-refractivity contribution in [2.24, 2.45) is 5.92 Å². The Morgan fingerprint density at radius 2 is 1.97 bits per heavy atom. The van der Waals surface area contributed by atoms with E-state index in [9.17, 15) is 28.0 Å². The molecule has 1 aliphatic carbocycles. The number of rotatable bonds is 5. The van der Waals surface area contributed by atoms with Crippen molar-refractivity contribution in [1.29, 1.82) is 0 Å². The number of urea groups is 1. The second kappa shape index (κ2) is 8.37. The van der Waals surface area contributed by atoms with Crippen molar-refractivity contribution in [1.82, 2.24) is 10.2 Å². The lowest BCUT2D eigenvalue weighted by Crippen LogP contribution is -2.49. The molecule has 30 heavy (non-hydrogen) atoms. The van der Waals surface area contributed by atoms with Crippen molar-refractivity contribution in [3.8, 4) is 0 Å². The van der Waals surface area contributed by atoms with Gasteiger partial charge in [0.05, 0.1) is 5.69 Å². The average molecular weight is 423 g/mol. The largest absolute Gasteiger partial charge is 0.451 e. The van der Waals surface area contributed by atoms with E-state index >= 15 is 0 Å². The van der Waals surface area contributed by atoms with Gasteiger partial charge >= 0.3 is 12.0 Å². The number of esters is 1. The summed E-state index contributed by atoms with van der Waals surface area (Å²) in [7, 11) is 0. The molecular formula is C20H23F2N3O5. The quantitative estimate of drug-likeness (QED) is 0.559. The molecule has 2 aliphatic rings. The molecule has 0 aromatic heterocycles. The number of halogens is 2. The monoisotopic (exact) mass is 423 g/mol. The Labute approximate surface area is 171 Å². The lowest BCUT2D eigenvalue weighted by atomic mass is 9.77. The van der Waals surface area contributed by atoms with Crippen molar-refractivity contribution < 1.29 is 32.7 Å². The van der Waals surface area contributed by atoms with E-state index in [0.29, 0.717) is 24.8 Å². The molecule has 0 bridgehead atoms. The normalized spacial score (nSPS) is 24.5. The van der Waals surface area contributed by atoms with Gasteiger partial charge in [-0.05, 0) is 50.7 Å². The van der Waals surface area contributed by atoms with Crippen molar-refractivity contribution in [3.63, 3.8) is 0 Å². The smallest absolute Gasteiger partial charge is 0.327 e. The summed E-state index contributed by atoms with van der Waals surface area (Å²) in [5.74, 6) is -3.59. The first-order valence-corrected chi connectivity index (χ1v) is 9.71. The van der Waals surface area contributed by atoms with Gasteiger partial charge in [-0.1, -0.05) is 6.92 Å². The van der Waals surface area contributed by atoms with E-state index in [4.69, 9.17) is 4.74 Å². The second-order valence-corrected chi connectivity index (χ2v) is 7.83. The lowest BCUT2D eigenvalue weighted by Gasteiger charge is -2.33. The average Bonchev–Trinajstić information content (AvgIpc) is 2.90. The van der Waals surface area contributed by atoms with Crippen LogP contribution in [0.3, 0.4) is 0 Å². The fourth-order valence-corrected chi connectivity index (χ4v) is 3.66. The van der Waals surface area contributed by atoms with Gasteiger partial charge in [-0.2, -0.15) is 0 Å². The van der Waals surface area contributed by atoms with Crippen LogP contribution in [-0.2, 0) is 19.1 Å². The molecule has 162 valence electrons. The fraction of sp³-hybridized carbons (Fsp3) is 0.500. The number of benzene rings is 1. The molecule has 2 N–H and O–H groups in total. The standard InChI is InChI=1S/C20H23F2N3O5/c1-11-5-7-20(8-6-11)18(28)25(19(29)24-20)10-16(26)30-12(2)17(27)23-15-4-3-13(21)9-14(15)22/h3-4,9,11-12H,5-8,10H2,1-2H3,(H,23,27)(H,24,29)/t11?,12-,20?/m1/s1. The summed E-state index contributed by atoms with van der Waals surface area (Å²) in [5.41, 5.74) is -1.25. The van der Waals surface area contributed by atoms with Crippen LogP contribution in [0.1, 0.15) is 39.5 Å². The Bertz CT molecular complexity index is 883. The topological polar surface area (TPSA) is 105 Å². The summed E-state index contributed by atoms with van der Waals surface area (Å²) in [5, 5.41) is 4.88. The summed E-state index contributed by atoms with van der Waals surface area (Å²) in [6.45, 7) is 2.70. The highest BCUT2D eigenvalue weighted by Gasteiger charge is 2.52. The zero-order valence-corrected chi connectivity index (χ0v) is 16.7. The van der Waals surface area contributed by atoms with Gasteiger partial charge in [0.2, 0.25) is 0 Å². The number of carbonyl (C=O) groups excluding carboxylic acids is 4. The molecule has 2 fully saturated rings. The first kappa shape index (κ1) is 21.7. The van der Waals surface area contributed by atoms with Crippen LogP contribution in [0.4, 0.5) is 19.3 Å². The van der Waals surface area contributed by atoms with Gasteiger partial charge in [-0.25, -0.2) is 13.6 Å². The third kappa shape index (κ3) is 4.42. The molecule has 3 rings (SSSR count). The number of hydrogen-bond acceptors (Lipinski definition) is 5. The summed E-state index contributed by atoms with van der Waals surface area (Å²) in [4.78, 5) is 50.1. The Balaban J connectivity index is 1.56. The molecule has 1 atom stereocenters. The first-order chi connectivity index (χ1) is 14.1. The van der Waals surface area contributed by atoms with Crippen LogP contribution >= 0.6 is 0 Å². The third-order valence-corrected chi connectivity index (χ3v) is 5.53. The van der Waals surface area contributed by atoms with E-state index < -0.39 is 53.6 Å². The van der Waals surface area contributed by atoms with Gasteiger partial charge in [0.1, 0.15) is 23.7 Å². The lowest BCUT2D eigenvalue weighted by molar-refractivity contribution is -0.155. The van der Waals surface area contributed by atoms with Gasteiger partial charge in [0, 0.05) is 6.07 Å². The second-order valence-electron chi connectivity index (χ2n) is 7.83. The minimum absolute atomic E-state index is 0.271. The maximum Gasteiger partial charge on any atom is 0.327 e. The molecule has 1 aromatic rings. The molecule has 1 saturated carbocycles. The van der Waals surface area contributed by atoms with Crippen molar-refractivity contribution in [2.45, 2.75) is 51.2 Å². The number of ether oxygens (including phenoxy) is 1. The van der Waals surface area contributed by atoms with E-state index in [0.717, 1.165) is 29.9 Å². The highest BCUT2D eigenvalue weighted by Crippen LogP contribution is 2.36. The van der Waals surface area contributed by atoms with Crippen molar-refractivity contribution in [2.75, 3.05) is 11.9 Å². The number of carbonyl (C=O) groups is 4. The summed E-state index contributed by atoms with van der Waals surface area (Å²) in [6, 6.07) is 1.94. The number of nitrogens with one attached hydrogen (secondary N) is 2. The van der Waals surface area contributed by atoms with E-state index in [1.807, 2.05) is 0 Å². The summed E-state index contributed by atoms with van der Waals surface area (Å²) >= 11 is 0. The van der Waals surface area contributed by atoms with Crippen LogP contribution < -0.4 is 10.6 Å². The number of anilines is 1. The molecule has 4 amide bonds. The minimum atomic E-state index is -1.33. The molecule has 1 heterocycles. The number of nitrogens with zero attached hydrogens (tertiary/aromatic N) is 1. The zero-order chi connectivity index (χ0) is 22.1. The molecule has 10 heteroatoms. The van der Waals surface area contributed by atoms with Crippen LogP contribution in [0.25, 0.3) is 0 Å². The van der Waals surface area contributed by atoms with Gasteiger partial charge in [0.25, 0.3) is 11.8 Å². The molecule has 1 aromatic carbocycles. The molecule has 0 radical (unpaired) electrons. The third-order valence-electron chi connectivity index (χ3n) is 5.53. The van der Waals surface area contributed by atoms with Gasteiger partial charge in [-0.15, -0.1) is 0 Å². The Morgan fingerprint density at radius 3 is 2.60 bits per heavy atom. The van der Waals surface area contributed by atoms with Gasteiger partial charge in [-0.3, -0.25) is 19.3 Å². The minimum Gasteiger partial charge on any atom is -0.451 e. The van der Waals surface area contributed by atoms with Gasteiger partial charge in [0.15, 0.2) is 6.10 Å². The molecule has 1 spiro atoms. The Morgan fingerprint density at radius 1 is 1.30 bits per heavy atom. The predicted octanol–water partition coefficient (Wildman–Crippen LogP) is 2.34. The number of amides is 4. The molecule has 1 aliphatic heterocycles. The molecular weight excluding hydrogens is 400 g/mol. The molecule has 8 nitrogen and oxygen atoms in total. The highest BCUT2D eigenvalue weighted by molar-refractivity contribution is 6.08. The van der Waals surface area contributed by atoms with Crippen LogP contribution in [0.15, 0.2) is 18.2 Å².